The molecule has 4 heteroatoms. The van der Waals surface area contributed by atoms with Crippen LogP contribution >= 0.6 is 11.3 Å². The second-order valence-corrected chi connectivity index (χ2v) is 5.25. The molecule has 1 saturated heterocycles. The van der Waals surface area contributed by atoms with Gasteiger partial charge in [-0.15, -0.1) is 11.3 Å². The molecule has 2 rings (SSSR count). The molecule has 3 N–H and O–H groups in total. The zero-order valence-electron chi connectivity index (χ0n) is 9.20. The Labute approximate surface area is 95.1 Å². The van der Waals surface area contributed by atoms with E-state index in [1.54, 1.807) is 11.3 Å². The minimum Gasteiger partial charge on any atom is -0.323 e. The largest absolute Gasteiger partial charge is 0.323 e. The number of aromatic nitrogens is 1. The molecule has 2 atom stereocenters. The lowest BCUT2D eigenvalue weighted by Gasteiger charge is -2.22. The van der Waals surface area contributed by atoms with Crippen molar-refractivity contribution in [3.8, 4) is 0 Å². The van der Waals surface area contributed by atoms with Crippen molar-refractivity contribution in [3.05, 3.63) is 16.1 Å². The Hall–Kier alpha value is -0.450. The third-order valence-corrected chi connectivity index (χ3v) is 3.76. The summed E-state index contributed by atoms with van der Waals surface area (Å²) in [6.45, 7) is 3.15. The molecular weight excluding hydrogens is 206 g/mol. The topological polar surface area (TPSA) is 50.9 Å². The number of hydrogen-bond acceptors (Lipinski definition) is 4. The van der Waals surface area contributed by atoms with Crippen LogP contribution in [0.15, 0.2) is 5.38 Å². The summed E-state index contributed by atoms with van der Waals surface area (Å²) in [4.78, 5) is 4.56. The standard InChI is InChI=1S/C11H19N3S/c1-8(12)10-7-15-11(14-10)6-9-4-2-3-5-13-9/h7-9,13H,2-6,12H2,1H3. The average Bonchev–Trinajstić information content (AvgIpc) is 2.68. The van der Waals surface area contributed by atoms with E-state index in [1.807, 2.05) is 6.92 Å². The van der Waals surface area contributed by atoms with Crippen LogP contribution in [0, 0.1) is 0 Å². The highest BCUT2D eigenvalue weighted by Crippen LogP contribution is 2.18. The number of nitrogens with two attached hydrogens (primary N) is 1. The minimum absolute atomic E-state index is 0.0642. The van der Waals surface area contributed by atoms with Gasteiger partial charge in [-0.2, -0.15) is 0 Å². The highest BCUT2D eigenvalue weighted by atomic mass is 32.1. The van der Waals surface area contributed by atoms with Crippen LogP contribution in [0.1, 0.15) is 42.9 Å². The van der Waals surface area contributed by atoms with E-state index in [0.717, 1.165) is 18.7 Å². The molecule has 84 valence electrons. The van der Waals surface area contributed by atoms with E-state index in [2.05, 4.69) is 15.7 Å². The molecule has 1 aliphatic rings. The van der Waals surface area contributed by atoms with Gasteiger partial charge in [-0.1, -0.05) is 6.42 Å². The van der Waals surface area contributed by atoms with Crippen LogP contribution in [0.5, 0.6) is 0 Å². The molecule has 1 aliphatic heterocycles. The summed E-state index contributed by atoms with van der Waals surface area (Å²) in [6, 6.07) is 0.695. The molecule has 0 amide bonds. The van der Waals surface area contributed by atoms with Crippen molar-refractivity contribution < 1.29 is 0 Å². The van der Waals surface area contributed by atoms with E-state index in [-0.39, 0.29) is 6.04 Å². The molecule has 2 unspecified atom stereocenters. The van der Waals surface area contributed by atoms with Crippen molar-refractivity contribution in [2.75, 3.05) is 6.54 Å². The van der Waals surface area contributed by atoms with Crippen LogP contribution in [0.3, 0.4) is 0 Å². The number of thiazole rings is 1. The second kappa shape index (κ2) is 5.05. The van der Waals surface area contributed by atoms with Crippen molar-refractivity contribution in [2.24, 2.45) is 5.73 Å². The predicted molar refractivity (Wildman–Crippen MR) is 64.1 cm³/mol. The Kier molecular flexibility index (Phi) is 3.72. The predicted octanol–water partition coefficient (Wildman–Crippen LogP) is 1.85. The molecule has 0 radical (unpaired) electrons. The van der Waals surface area contributed by atoms with E-state index < -0.39 is 0 Å². The van der Waals surface area contributed by atoms with E-state index >= 15 is 0 Å². The first-order valence-corrected chi connectivity index (χ1v) is 6.57. The average molecular weight is 225 g/mol. The maximum Gasteiger partial charge on any atom is 0.0944 e. The summed E-state index contributed by atoms with van der Waals surface area (Å²) in [6.07, 6.45) is 5.02. The summed E-state index contributed by atoms with van der Waals surface area (Å²) in [5.41, 5.74) is 6.82. The maximum atomic E-state index is 5.79. The van der Waals surface area contributed by atoms with Crippen molar-refractivity contribution >= 4 is 11.3 Å². The molecular formula is C11H19N3S. The Morgan fingerprint density at radius 3 is 3.13 bits per heavy atom. The summed E-state index contributed by atoms with van der Waals surface area (Å²) in [5.74, 6) is 0. The number of nitrogens with zero attached hydrogens (tertiary/aromatic N) is 1. The molecule has 0 aromatic carbocycles. The normalized spacial score (nSPS) is 24.0. The number of nitrogens with one attached hydrogen (secondary N) is 1. The van der Waals surface area contributed by atoms with E-state index in [9.17, 15) is 0 Å². The summed E-state index contributed by atoms with van der Waals surface area (Å²) in [7, 11) is 0. The smallest absolute Gasteiger partial charge is 0.0944 e. The van der Waals surface area contributed by atoms with Crippen LogP contribution < -0.4 is 11.1 Å². The minimum atomic E-state index is 0.0642. The molecule has 1 aromatic heterocycles. The lowest BCUT2D eigenvalue weighted by atomic mass is 10.0. The summed E-state index contributed by atoms with van der Waals surface area (Å²) < 4.78 is 0. The Bertz CT molecular complexity index is 303. The Morgan fingerprint density at radius 2 is 2.53 bits per heavy atom. The Balaban J connectivity index is 1.91. The summed E-state index contributed by atoms with van der Waals surface area (Å²) >= 11 is 1.74. The van der Waals surface area contributed by atoms with Gasteiger partial charge in [-0.3, -0.25) is 0 Å². The monoisotopic (exact) mass is 225 g/mol. The van der Waals surface area contributed by atoms with Crippen LogP contribution in [0.2, 0.25) is 0 Å². The SMILES string of the molecule is CC(N)c1csc(CC2CCCCN2)n1. The maximum absolute atomic E-state index is 5.79. The van der Waals surface area contributed by atoms with Gasteiger partial charge in [0.25, 0.3) is 0 Å². The van der Waals surface area contributed by atoms with E-state index in [1.165, 1.54) is 24.3 Å². The molecule has 0 aliphatic carbocycles. The highest BCUT2D eigenvalue weighted by molar-refractivity contribution is 7.09. The fraction of sp³-hybridized carbons (Fsp3) is 0.727. The molecule has 0 bridgehead atoms. The van der Waals surface area contributed by atoms with Crippen LogP contribution in [0.25, 0.3) is 0 Å². The third kappa shape index (κ3) is 3.00. The first kappa shape index (κ1) is 11.0. The Morgan fingerprint density at radius 1 is 1.67 bits per heavy atom. The van der Waals surface area contributed by atoms with Crippen LogP contribution in [-0.4, -0.2) is 17.6 Å². The highest BCUT2D eigenvalue weighted by Gasteiger charge is 2.15. The lowest BCUT2D eigenvalue weighted by molar-refractivity contribution is 0.399. The van der Waals surface area contributed by atoms with Gasteiger partial charge in [0.1, 0.15) is 0 Å². The number of piperidine rings is 1. The quantitative estimate of drug-likeness (QED) is 0.825. The van der Waals surface area contributed by atoms with Gasteiger partial charge in [0, 0.05) is 23.9 Å². The van der Waals surface area contributed by atoms with Crippen LogP contribution in [-0.2, 0) is 6.42 Å². The second-order valence-electron chi connectivity index (χ2n) is 4.31. The lowest BCUT2D eigenvalue weighted by Crippen LogP contribution is -2.35. The first-order valence-electron chi connectivity index (χ1n) is 5.69. The van der Waals surface area contributed by atoms with Crippen molar-refractivity contribution in [3.63, 3.8) is 0 Å². The fourth-order valence-electron chi connectivity index (χ4n) is 1.94. The molecule has 1 fully saturated rings. The number of rotatable bonds is 3. The molecule has 3 nitrogen and oxygen atoms in total. The summed E-state index contributed by atoms with van der Waals surface area (Å²) in [5, 5.41) is 6.85. The van der Waals surface area contributed by atoms with Gasteiger partial charge in [0.05, 0.1) is 10.7 Å². The molecule has 1 aromatic rings. The fourth-order valence-corrected chi connectivity index (χ4v) is 2.92. The molecule has 15 heavy (non-hydrogen) atoms. The molecule has 0 spiro atoms. The van der Waals surface area contributed by atoms with Gasteiger partial charge in [-0.25, -0.2) is 4.98 Å². The van der Waals surface area contributed by atoms with Crippen molar-refractivity contribution in [1.82, 2.24) is 10.3 Å². The number of hydrogen-bond donors (Lipinski definition) is 2. The van der Waals surface area contributed by atoms with E-state index in [0.29, 0.717) is 6.04 Å². The van der Waals surface area contributed by atoms with Gasteiger partial charge >= 0.3 is 0 Å². The van der Waals surface area contributed by atoms with Crippen molar-refractivity contribution in [1.29, 1.82) is 0 Å². The van der Waals surface area contributed by atoms with Crippen LogP contribution in [0.4, 0.5) is 0 Å². The first-order chi connectivity index (χ1) is 7.25. The molecule has 2 heterocycles. The van der Waals surface area contributed by atoms with Crippen molar-refractivity contribution in [2.45, 2.75) is 44.7 Å². The van der Waals surface area contributed by atoms with E-state index in [4.69, 9.17) is 5.73 Å². The zero-order chi connectivity index (χ0) is 10.7. The van der Waals surface area contributed by atoms with Gasteiger partial charge < -0.3 is 11.1 Å². The van der Waals surface area contributed by atoms with Gasteiger partial charge in [-0.05, 0) is 26.3 Å². The van der Waals surface area contributed by atoms with Gasteiger partial charge in [0.15, 0.2) is 0 Å². The zero-order valence-corrected chi connectivity index (χ0v) is 10.0. The third-order valence-electron chi connectivity index (χ3n) is 2.87. The molecule has 0 saturated carbocycles. The van der Waals surface area contributed by atoms with Gasteiger partial charge in [0.2, 0.25) is 0 Å².